The van der Waals surface area contributed by atoms with Crippen LogP contribution in [-0.2, 0) is 0 Å². The molecular weight excluding hydrogens is 186 g/mol. The molecule has 7 heteroatoms. The van der Waals surface area contributed by atoms with Gasteiger partial charge in [-0.15, -0.1) is 0 Å². The molecule has 0 aliphatic rings. The van der Waals surface area contributed by atoms with Gasteiger partial charge in [0.1, 0.15) is 0 Å². The SMILES string of the molecule is CC(CNC(N)=O)N(C)C.NC(N)=O. The lowest BCUT2D eigenvalue weighted by Crippen LogP contribution is -2.40. The largest absolute Gasteiger partial charge is 0.352 e. The zero-order valence-corrected chi connectivity index (χ0v) is 8.78. The number of amides is 4. The van der Waals surface area contributed by atoms with Crippen LogP contribution in [0.25, 0.3) is 0 Å². The molecule has 0 rings (SSSR count). The number of carbonyl (C=O) groups is 2. The fourth-order valence-electron chi connectivity index (χ4n) is 0.431. The van der Waals surface area contributed by atoms with E-state index in [1.54, 1.807) is 0 Å². The number of hydrogen-bond acceptors (Lipinski definition) is 3. The molecule has 0 aromatic carbocycles. The zero-order valence-electron chi connectivity index (χ0n) is 8.78. The minimum absolute atomic E-state index is 0.326. The molecule has 0 bridgehead atoms. The zero-order chi connectivity index (χ0) is 11.7. The highest BCUT2D eigenvalue weighted by Crippen LogP contribution is 1.86. The summed E-state index contributed by atoms with van der Waals surface area (Å²) >= 11 is 0. The number of carbonyl (C=O) groups excluding carboxylic acids is 2. The van der Waals surface area contributed by atoms with Crippen molar-refractivity contribution in [3.05, 3.63) is 0 Å². The van der Waals surface area contributed by atoms with Crippen LogP contribution in [0.1, 0.15) is 6.92 Å². The van der Waals surface area contributed by atoms with Gasteiger partial charge in [0.15, 0.2) is 0 Å². The van der Waals surface area contributed by atoms with Crippen LogP contribution in [0.4, 0.5) is 9.59 Å². The maximum Gasteiger partial charge on any atom is 0.312 e. The van der Waals surface area contributed by atoms with Gasteiger partial charge in [0.2, 0.25) is 0 Å². The standard InChI is InChI=1S/C6H15N3O.CH4N2O/c1-5(9(2)3)4-8-6(7)10;2-1(3)4/h5H,4H2,1-3H3,(H3,7,8,10);(H4,2,3,4). The van der Waals surface area contributed by atoms with E-state index in [1.807, 2.05) is 25.9 Å². The van der Waals surface area contributed by atoms with Gasteiger partial charge in [0.05, 0.1) is 0 Å². The van der Waals surface area contributed by atoms with Crippen molar-refractivity contribution in [2.24, 2.45) is 17.2 Å². The molecular formula is C7H19N5O2. The number of urea groups is 2. The molecule has 0 saturated heterocycles. The Morgan fingerprint density at radius 2 is 1.64 bits per heavy atom. The third kappa shape index (κ3) is 16.8. The molecule has 1 unspecified atom stereocenters. The second-order valence-electron chi connectivity index (χ2n) is 2.96. The van der Waals surface area contributed by atoms with Crippen LogP contribution in [0.3, 0.4) is 0 Å². The number of hydrogen-bond donors (Lipinski definition) is 4. The number of primary amides is 3. The quantitative estimate of drug-likeness (QED) is 0.453. The third-order valence-electron chi connectivity index (χ3n) is 1.45. The fourth-order valence-corrected chi connectivity index (χ4v) is 0.431. The maximum atomic E-state index is 10.2. The number of likely N-dealkylation sites (N-methyl/N-ethyl adjacent to an activating group) is 1. The molecule has 0 heterocycles. The number of nitrogens with two attached hydrogens (primary N) is 3. The van der Waals surface area contributed by atoms with Gasteiger partial charge in [-0.25, -0.2) is 9.59 Å². The third-order valence-corrected chi connectivity index (χ3v) is 1.45. The second kappa shape index (κ2) is 8.11. The van der Waals surface area contributed by atoms with E-state index in [9.17, 15) is 4.79 Å². The Hall–Kier alpha value is -1.50. The van der Waals surface area contributed by atoms with E-state index in [4.69, 9.17) is 10.5 Å². The fraction of sp³-hybridized carbons (Fsp3) is 0.714. The molecule has 7 nitrogen and oxygen atoms in total. The van der Waals surface area contributed by atoms with Crippen LogP contribution in [0.2, 0.25) is 0 Å². The number of nitrogens with one attached hydrogen (secondary N) is 1. The molecule has 0 spiro atoms. The molecule has 0 saturated carbocycles. The molecule has 14 heavy (non-hydrogen) atoms. The molecule has 0 aromatic heterocycles. The van der Waals surface area contributed by atoms with E-state index in [-0.39, 0.29) is 0 Å². The molecule has 7 N–H and O–H groups in total. The Morgan fingerprint density at radius 1 is 1.29 bits per heavy atom. The Kier molecular flexibility index (Phi) is 8.69. The van der Waals surface area contributed by atoms with Crippen LogP contribution in [0, 0.1) is 0 Å². The normalized spacial score (nSPS) is 11.1. The summed E-state index contributed by atoms with van der Waals surface area (Å²) < 4.78 is 0. The van der Waals surface area contributed by atoms with Gasteiger partial charge in [0.25, 0.3) is 0 Å². The summed E-state index contributed by atoms with van der Waals surface area (Å²) in [5, 5.41) is 2.52. The van der Waals surface area contributed by atoms with Crippen molar-refractivity contribution in [3.8, 4) is 0 Å². The van der Waals surface area contributed by atoms with Crippen LogP contribution in [-0.4, -0.2) is 43.6 Å². The molecule has 1 atom stereocenters. The van der Waals surface area contributed by atoms with E-state index < -0.39 is 12.1 Å². The van der Waals surface area contributed by atoms with Crippen molar-refractivity contribution in [1.29, 1.82) is 0 Å². The predicted molar refractivity (Wildman–Crippen MR) is 54.5 cm³/mol. The van der Waals surface area contributed by atoms with Crippen molar-refractivity contribution in [3.63, 3.8) is 0 Å². The summed E-state index contributed by atoms with van der Waals surface area (Å²) in [4.78, 5) is 21.2. The van der Waals surface area contributed by atoms with Gasteiger partial charge in [0, 0.05) is 12.6 Å². The predicted octanol–water partition coefficient (Wildman–Crippen LogP) is -1.37. The maximum absolute atomic E-state index is 10.2. The molecule has 0 radical (unpaired) electrons. The first-order valence-corrected chi connectivity index (χ1v) is 4.02. The minimum Gasteiger partial charge on any atom is -0.352 e. The summed E-state index contributed by atoms with van der Waals surface area (Å²) in [6, 6.07) is -0.971. The van der Waals surface area contributed by atoms with Crippen LogP contribution in [0.15, 0.2) is 0 Å². The first-order chi connectivity index (χ1) is 6.27. The Bertz CT molecular complexity index is 179. The van der Waals surface area contributed by atoms with Crippen LogP contribution < -0.4 is 22.5 Å². The lowest BCUT2D eigenvalue weighted by molar-refractivity contribution is 0.242. The van der Waals surface area contributed by atoms with Gasteiger partial charge in [-0.2, -0.15) is 0 Å². The van der Waals surface area contributed by atoms with Gasteiger partial charge in [-0.05, 0) is 21.0 Å². The number of nitrogens with zero attached hydrogens (tertiary/aromatic N) is 1. The Morgan fingerprint density at radius 3 is 1.86 bits per heavy atom. The highest BCUT2D eigenvalue weighted by atomic mass is 16.2. The van der Waals surface area contributed by atoms with E-state index in [2.05, 4.69) is 16.8 Å². The van der Waals surface area contributed by atoms with Crippen molar-refractivity contribution >= 4 is 12.1 Å². The first-order valence-electron chi connectivity index (χ1n) is 4.02. The van der Waals surface area contributed by atoms with Gasteiger partial charge >= 0.3 is 12.1 Å². The second-order valence-corrected chi connectivity index (χ2v) is 2.96. The van der Waals surface area contributed by atoms with Gasteiger partial charge < -0.3 is 27.4 Å². The van der Waals surface area contributed by atoms with E-state index in [1.165, 1.54) is 0 Å². The van der Waals surface area contributed by atoms with Gasteiger partial charge in [-0.1, -0.05) is 0 Å². The lowest BCUT2D eigenvalue weighted by atomic mass is 10.3. The van der Waals surface area contributed by atoms with Crippen molar-refractivity contribution in [1.82, 2.24) is 10.2 Å². The summed E-state index contributed by atoms with van der Waals surface area (Å²) in [5.41, 5.74) is 13.4. The average molecular weight is 205 g/mol. The average Bonchev–Trinajstić information content (AvgIpc) is 1.98. The molecule has 4 amide bonds. The highest BCUT2D eigenvalue weighted by Gasteiger charge is 2.03. The van der Waals surface area contributed by atoms with E-state index in [0.29, 0.717) is 12.6 Å². The topological polar surface area (TPSA) is 127 Å². The molecule has 0 aliphatic carbocycles. The Balaban J connectivity index is 0. The lowest BCUT2D eigenvalue weighted by Gasteiger charge is -2.19. The monoisotopic (exact) mass is 205 g/mol. The van der Waals surface area contributed by atoms with E-state index >= 15 is 0 Å². The highest BCUT2D eigenvalue weighted by molar-refractivity contribution is 5.71. The summed E-state index contributed by atoms with van der Waals surface area (Å²) in [5.74, 6) is 0. The molecule has 0 aromatic rings. The molecule has 84 valence electrons. The number of rotatable bonds is 3. The van der Waals surface area contributed by atoms with Crippen LogP contribution >= 0.6 is 0 Å². The first kappa shape index (κ1) is 15.0. The van der Waals surface area contributed by atoms with Gasteiger partial charge in [-0.3, -0.25) is 0 Å². The summed E-state index contributed by atoms with van der Waals surface area (Å²) in [6.45, 7) is 2.61. The summed E-state index contributed by atoms with van der Waals surface area (Å²) in [6.07, 6.45) is 0. The Labute approximate surface area is 83.6 Å². The van der Waals surface area contributed by atoms with Crippen molar-refractivity contribution < 1.29 is 9.59 Å². The minimum atomic E-state index is -0.833. The molecule has 0 aliphatic heterocycles. The van der Waals surface area contributed by atoms with Crippen molar-refractivity contribution in [2.45, 2.75) is 13.0 Å². The molecule has 0 fully saturated rings. The van der Waals surface area contributed by atoms with Crippen molar-refractivity contribution in [2.75, 3.05) is 20.6 Å². The summed E-state index contributed by atoms with van der Waals surface area (Å²) in [7, 11) is 3.90. The smallest absolute Gasteiger partial charge is 0.312 e. The van der Waals surface area contributed by atoms with Crippen LogP contribution in [0.5, 0.6) is 0 Å². The van der Waals surface area contributed by atoms with E-state index in [0.717, 1.165) is 0 Å².